The lowest BCUT2D eigenvalue weighted by Gasteiger charge is -2.20. The minimum atomic E-state index is -0.159. The minimum absolute atomic E-state index is 0.0751. The number of hydrogen-bond acceptors (Lipinski definition) is 1. The van der Waals surface area contributed by atoms with Crippen LogP contribution in [0, 0.1) is 6.92 Å². The van der Waals surface area contributed by atoms with Gasteiger partial charge in [0.15, 0.2) is 0 Å². The van der Waals surface area contributed by atoms with E-state index in [9.17, 15) is 4.79 Å². The predicted molar refractivity (Wildman–Crippen MR) is 63.2 cm³/mol. The van der Waals surface area contributed by atoms with E-state index in [1.165, 1.54) is 5.56 Å². The first-order valence-corrected chi connectivity index (χ1v) is 5.11. The van der Waals surface area contributed by atoms with E-state index in [0.29, 0.717) is 5.56 Å². The summed E-state index contributed by atoms with van der Waals surface area (Å²) in [5, 5.41) is -0.159. The molecule has 0 radical (unpaired) electrons. The number of thiol groups is 1. The van der Waals surface area contributed by atoms with E-state index in [1.807, 2.05) is 19.1 Å². The third-order valence-corrected chi connectivity index (χ3v) is 2.57. The van der Waals surface area contributed by atoms with Gasteiger partial charge in [0, 0.05) is 5.56 Å². The van der Waals surface area contributed by atoms with Gasteiger partial charge < -0.3 is 0 Å². The van der Waals surface area contributed by atoms with Gasteiger partial charge in [-0.05, 0) is 29.5 Å². The lowest BCUT2D eigenvalue weighted by molar-refractivity contribution is 0.109. The van der Waals surface area contributed by atoms with Crippen molar-refractivity contribution < 1.29 is 4.79 Å². The standard InChI is InChI=1S/C12H16OS/c1-8-5-6-9(12(2,3)4)7-10(8)11(13)14/h5-7H,1-4H3,(H,13,14). The van der Waals surface area contributed by atoms with Crippen LogP contribution in [0.15, 0.2) is 18.2 Å². The molecule has 1 rings (SSSR count). The molecule has 1 nitrogen and oxygen atoms in total. The Balaban J connectivity index is 3.27. The summed E-state index contributed by atoms with van der Waals surface area (Å²) in [4.78, 5) is 11.2. The molecule has 0 atom stereocenters. The molecule has 0 amide bonds. The normalized spacial score (nSPS) is 11.5. The van der Waals surface area contributed by atoms with Gasteiger partial charge in [0.25, 0.3) is 0 Å². The SMILES string of the molecule is Cc1ccc(C(C)(C)C)cc1C(=O)S. The summed E-state index contributed by atoms with van der Waals surface area (Å²) in [6, 6.07) is 5.98. The van der Waals surface area contributed by atoms with Crippen LogP contribution < -0.4 is 0 Å². The van der Waals surface area contributed by atoms with Crippen LogP contribution in [0.4, 0.5) is 0 Å². The molecule has 0 saturated heterocycles. The lowest BCUT2D eigenvalue weighted by atomic mass is 9.85. The number of aryl methyl sites for hydroxylation is 1. The highest BCUT2D eigenvalue weighted by molar-refractivity contribution is 7.97. The summed E-state index contributed by atoms with van der Waals surface area (Å²) in [5.41, 5.74) is 2.94. The van der Waals surface area contributed by atoms with Crippen molar-refractivity contribution in [3.8, 4) is 0 Å². The molecule has 0 unspecified atom stereocenters. The fourth-order valence-electron chi connectivity index (χ4n) is 1.32. The maximum absolute atomic E-state index is 11.2. The minimum Gasteiger partial charge on any atom is -0.282 e. The summed E-state index contributed by atoms with van der Waals surface area (Å²) in [6.45, 7) is 8.31. The summed E-state index contributed by atoms with van der Waals surface area (Å²) in [5.74, 6) is 0. The quantitative estimate of drug-likeness (QED) is 0.700. The monoisotopic (exact) mass is 208 g/mol. The van der Waals surface area contributed by atoms with Gasteiger partial charge in [-0.3, -0.25) is 4.79 Å². The smallest absolute Gasteiger partial charge is 0.216 e. The summed E-state index contributed by atoms with van der Waals surface area (Å²) >= 11 is 3.86. The van der Waals surface area contributed by atoms with E-state index in [-0.39, 0.29) is 10.5 Å². The van der Waals surface area contributed by atoms with Crippen molar-refractivity contribution in [2.75, 3.05) is 0 Å². The molecule has 0 N–H and O–H groups in total. The number of hydrogen-bond donors (Lipinski definition) is 1. The molecule has 0 fully saturated rings. The largest absolute Gasteiger partial charge is 0.282 e. The maximum Gasteiger partial charge on any atom is 0.216 e. The highest BCUT2D eigenvalue weighted by Gasteiger charge is 2.15. The Morgan fingerprint density at radius 3 is 2.29 bits per heavy atom. The molecule has 76 valence electrons. The third kappa shape index (κ3) is 2.38. The van der Waals surface area contributed by atoms with Crippen LogP contribution >= 0.6 is 12.6 Å². The summed E-state index contributed by atoms with van der Waals surface area (Å²) in [7, 11) is 0. The number of benzene rings is 1. The number of rotatable bonds is 1. The fraction of sp³-hybridized carbons (Fsp3) is 0.417. The summed E-state index contributed by atoms with van der Waals surface area (Å²) < 4.78 is 0. The van der Waals surface area contributed by atoms with Crippen molar-refractivity contribution in [1.29, 1.82) is 0 Å². The van der Waals surface area contributed by atoms with Crippen molar-refractivity contribution in [1.82, 2.24) is 0 Å². The molecular weight excluding hydrogens is 192 g/mol. The molecule has 1 aromatic carbocycles. The van der Waals surface area contributed by atoms with Crippen molar-refractivity contribution in [3.05, 3.63) is 34.9 Å². The van der Waals surface area contributed by atoms with Crippen molar-refractivity contribution in [3.63, 3.8) is 0 Å². The Kier molecular flexibility index (Phi) is 3.05. The van der Waals surface area contributed by atoms with Gasteiger partial charge >= 0.3 is 0 Å². The van der Waals surface area contributed by atoms with E-state index in [4.69, 9.17) is 0 Å². The highest BCUT2D eigenvalue weighted by Crippen LogP contribution is 2.24. The molecule has 0 heterocycles. The van der Waals surface area contributed by atoms with Crippen molar-refractivity contribution in [2.45, 2.75) is 33.1 Å². The molecular formula is C12H16OS. The number of carbonyl (C=O) groups is 1. The van der Waals surface area contributed by atoms with Gasteiger partial charge in [0.1, 0.15) is 0 Å². The van der Waals surface area contributed by atoms with E-state index in [0.717, 1.165) is 5.56 Å². The van der Waals surface area contributed by atoms with E-state index in [1.54, 1.807) is 0 Å². The molecule has 0 aliphatic rings. The van der Waals surface area contributed by atoms with Gasteiger partial charge in [-0.15, -0.1) is 12.6 Å². The van der Waals surface area contributed by atoms with Crippen LogP contribution in [0.2, 0.25) is 0 Å². The zero-order valence-corrected chi connectivity index (χ0v) is 9.98. The Morgan fingerprint density at radius 2 is 1.86 bits per heavy atom. The zero-order chi connectivity index (χ0) is 10.9. The van der Waals surface area contributed by atoms with Crippen molar-refractivity contribution >= 4 is 17.7 Å². The molecule has 0 aromatic heterocycles. The van der Waals surface area contributed by atoms with Gasteiger partial charge in [-0.25, -0.2) is 0 Å². The van der Waals surface area contributed by atoms with E-state index >= 15 is 0 Å². The Hall–Kier alpha value is -0.760. The number of carbonyl (C=O) groups excluding carboxylic acids is 1. The van der Waals surface area contributed by atoms with Gasteiger partial charge in [-0.2, -0.15) is 0 Å². The molecule has 2 heteroatoms. The van der Waals surface area contributed by atoms with Gasteiger partial charge in [0.05, 0.1) is 0 Å². The molecule has 1 aromatic rings. The van der Waals surface area contributed by atoms with Crippen molar-refractivity contribution in [2.24, 2.45) is 0 Å². The second-order valence-corrected chi connectivity index (χ2v) is 4.99. The first-order valence-electron chi connectivity index (χ1n) is 4.67. The topological polar surface area (TPSA) is 17.1 Å². The maximum atomic E-state index is 11.2. The molecule has 14 heavy (non-hydrogen) atoms. The molecule has 0 aliphatic carbocycles. The molecule has 0 spiro atoms. The van der Waals surface area contributed by atoms with Gasteiger partial charge in [0.2, 0.25) is 5.12 Å². The van der Waals surface area contributed by atoms with Crippen LogP contribution in [0.3, 0.4) is 0 Å². The Labute approximate surface area is 90.9 Å². The molecule has 0 bridgehead atoms. The van der Waals surface area contributed by atoms with Crippen LogP contribution in [-0.4, -0.2) is 5.12 Å². The molecule has 0 aliphatic heterocycles. The van der Waals surface area contributed by atoms with Crippen LogP contribution in [0.5, 0.6) is 0 Å². The average Bonchev–Trinajstić information content (AvgIpc) is 2.02. The lowest BCUT2D eigenvalue weighted by Crippen LogP contribution is -2.12. The van der Waals surface area contributed by atoms with E-state index < -0.39 is 0 Å². The predicted octanol–water partition coefficient (Wildman–Crippen LogP) is 3.36. The Bertz CT molecular complexity index is 361. The first-order chi connectivity index (χ1) is 6.32. The highest BCUT2D eigenvalue weighted by atomic mass is 32.1. The summed E-state index contributed by atoms with van der Waals surface area (Å²) in [6.07, 6.45) is 0. The second-order valence-electron chi connectivity index (χ2n) is 4.58. The third-order valence-electron chi connectivity index (χ3n) is 2.33. The van der Waals surface area contributed by atoms with Crippen LogP contribution in [0.25, 0.3) is 0 Å². The second kappa shape index (κ2) is 3.77. The Morgan fingerprint density at radius 1 is 1.29 bits per heavy atom. The zero-order valence-electron chi connectivity index (χ0n) is 9.09. The van der Waals surface area contributed by atoms with E-state index in [2.05, 4.69) is 39.5 Å². The van der Waals surface area contributed by atoms with Gasteiger partial charge in [-0.1, -0.05) is 32.9 Å². The fourth-order valence-corrected chi connectivity index (χ4v) is 1.56. The average molecular weight is 208 g/mol. The van der Waals surface area contributed by atoms with Crippen LogP contribution in [0.1, 0.15) is 42.3 Å². The first kappa shape index (κ1) is 11.3. The molecule has 0 saturated carbocycles. The van der Waals surface area contributed by atoms with Crippen LogP contribution in [-0.2, 0) is 5.41 Å².